The van der Waals surface area contributed by atoms with Crippen LogP contribution in [0.25, 0.3) is 0 Å². The van der Waals surface area contributed by atoms with E-state index >= 15 is 0 Å². The molecule has 33 heavy (non-hydrogen) atoms. The summed E-state index contributed by atoms with van der Waals surface area (Å²) in [5.41, 5.74) is 1.38. The maximum atomic E-state index is 13.2. The van der Waals surface area contributed by atoms with Crippen molar-refractivity contribution in [1.29, 1.82) is 0 Å². The predicted molar refractivity (Wildman–Crippen MR) is 118 cm³/mol. The van der Waals surface area contributed by atoms with Crippen molar-refractivity contribution in [3.05, 3.63) is 69.7 Å². The molecule has 1 amide bonds. The lowest BCUT2D eigenvalue weighted by Gasteiger charge is -2.40. The molecule has 1 fully saturated rings. The van der Waals surface area contributed by atoms with E-state index in [1.54, 1.807) is 11.8 Å². The maximum absolute atomic E-state index is 13.2. The Kier molecular flexibility index (Phi) is 7.28. The number of alkyl halides is 3. The molecular formula is C24H26ClF3N2O3. The summed E-state index contributed by atoms with van der Waals surface area (Å²) >= 11 is 6.24. The molecule has 5 nitrogen and oxygen atoms in total. The number of fused-ring (bicyclic) bond motifs is 1. The first-order valence-electron chi connectivity index (χ1n) is 10.9. The highest BCUT2D eigenvalue weighted by atomic mass is 35.5. The molecule has 2 aromatic rings. The standard InChI is InChI=1S/C24H26ClF3N2O3/c1-15-22-17(9-18(10-20(22)25)24(26,27)28)7-8-30(15)23(31)21-12-29-11-19(33-21)14-32-13-16-5-3-2-4-6-16/h2-6,9-10,15,19,21,29H,7-8,11-14H2,1H3/t15-,19-,21+/m0/s1. The van der Waals surface area contributed by atoms with Crippen molar-refractivity contribution >= 4 is 17.5 Å². The van der Waals surface area contributed by atoms with E-state index in [1.165, 1.54) is 0 Å². The number of hydrogen-bond acceptors (Lipinski definition) is 4. The summed E-state index contributed by atoms with van der Waals surface area (Å²) in [5.74, 6) is -0.204. The van der Waals surface area contributed by atoms with Crippen LogP contribution < -0.4 is 5.32 Å². The van der Waals surface area contributed by atoms with E-state index in [0.717, 1.165) is 17.7 Å². The Balaban J connectivity index is 1.39. The van der Waals surface area contributed by atoms with Crippen LogP contribution in [0.3, 0.4) is 0 Å². The molecule has 1 saturated heterocycles. The topological polar surface area (TPSA) is 50.8 Å². The third-order valence-corrected chi connectivity index (χ3v) is 6.39. The molecule has 0 aliphatic carbocycles. The van der Waals surface area contributed by atoms with Crippen LogP contribution >= 0.6 is 11.6 Å². The first kappa shape index (κ1) is 24.0. The Morgan fingerprint density at radius 2 is 2.00 bits per heavy atom. The van der Waals surface area contributed by atoms with Crippen molar-refractivity contribution in [3.63, 3.8) is 0 Å². The van der Waals surface area contributed by atoms with E-state index in [4.69, 9.17) is 21.1 Å². The lowest BCUT2D eigenvalue weighted by Crippen LogP contribution is -2.55. The summed E-state index contributed by atoms with van der Waals surface area (Å²) < 4.78 is 51.2. The van der Waals surface area contributed by atoms with Gasteiger partial charge in [-0.05, 0) is 42.2 Å². The number of hydrogen-bond donors (Lipinski definition) is 1. The number of nitrogens with one attached hydrogen (secondary N) is 1. The number of ether oxygens (including phenoxy) is 2. The van der Waals surface area contributed by atoms with Gasteiger partial charge in [0.25, 0.3) is 5.91 Å². The summed E-state index contributed by atoms with van der Waals surface area (Å²) in [6, 6.07) is 11.4. The molecule has 2 aliphatic rings. The molecule has 178 valence electrons. The highest BCUT2D eigenvalue weighted by molar-refractivity contribution is 6.31. The normalized spacial score (nSPS) is 23.3. The minimum atomic E-state index is -4.46. The van der Waals surface area contributed by atoms with Gasteiger partial charge in [-0.1, -0.05) is 41.9 Å². The zero-order valence-electron chi connectivity index (χ0n) is 18.2. The van der Waals surface area contributed by atoms with E-state index in [1.807, 2.05) is 30.3 Å². The summed E-state index contributed by atoms with van der Waals surface area (Å²) in [5, 5.41) is 3.25. The molecular weight excluding hydrogens is 457 g/mol. The highest BCUT2D eigenvalue weighted by Crippen LogP contribution is 2.40. The third-order valence-electron chi connectivity index (χ3n) is 6.08. The van der Waals surface area contributed by atoms with Crippen LogP contribution in [0.2, 0.25) is 5.02 Å². The summed E-state index contributed by atoms with van der Waals surface area (Å²) in [6.45, 7) is 3.83. The van der Waals surface area contributed by atoms with Crippen molar-refractivity contribution in [2.75, 3.05) is 26.2 Å². The van der Waals surface area contributed by atoms with Crippen molar-refractivity contribution in [2.45, 2.75) is 44.4 Å². The number of halogens is 4. The van der Waals surface area contributed by atoms with Gasteiger partial charge in [0, 0.05) is 24.7 Å². The van der Waals surface area contributed by atoms with Gasteiger partial charge in [-0.25, -0.2) is 0 Å². The van der Waals surface area contributed by atoms with Crippen molar-refractivity contribution in [3.8, 4) is 0 Å². The van der Waals surface area contributed by atoms with Gasteiger partial charge in [-0.2, -0.15) is 13.2 Å². The molecule has 2 heterocycles. The summed E-state index contributed by atoms with van der Waals surface area (Å²) in [4.78, 5) is 14.9. The lowest BCUT2D eigenvalue weighted by atomic mass is 9.91. The molecule has 0 spiro atoms. The zero-order valence-corrected chi connectivity index (χ0v) is 19.0. The lowest BCUT2D eigenvalue weighted by molar-refractivity contribution is -0.156. The van der Waals surface area contributed by atoms with E-state index in [0.29, 0.717) is 50.4 Å². The fourth-order valence-corrected chi connectivity index (χ4v) is 4.82. The smallest absolute Gasteiger partial charge is 0.374 e. The maximum Gasteiger partial charge on any atom is 0.416 e. The van der Waals surface area contributed by atoms with Crippen LogP contribution in [-0.2, 0) is 33.5 Å². The number of carbonyl (C=O) groups is 1. The number of nitrogens with zero attached hydrogens (tertiary/aromatic N) is 1. The average Bonchev–Trinajstić information content (AvgIpc) is 2.79. The Morgan fingerprint density at radius 1 is 1.24 bits per heavy atom. The summed E-state index contributed by atoms with van der Waals surface area (Å²) in [6.07, 6.45) is -5.13. The van der Waals surface area contributed by atoms with Gasteiger partial charge in [0.2, 0.25) is 0 Å². The quantitative estimate of drug-likeness (QED) is 0.687. The molecule has 2 aromatic carbocycles. The SMILES string of the molecule is C[C@H]1c2c(Cl)cc(C(F)(F)F)cc2CCN1C(=O)[C@H]1CNC[C@@H](COCc2ccccc2)O1. The van der Waals surface area contributed by atoms with Gasteiger partial charge < -0.3 is 19.7 Å². The van der Waals surface area contributed by atoms with Crippen LogP contribution in [-0.4, -0.2) is 49.3 Å². The van der Waals surface area contributed by atoms with Crippen LogP contribution in [0.4, 0.5) is 13.2 Å². The predicted octanol–water partition coefficient (Wildman–Crippen LogP) is 4.38. The van der Waals surface area contributed by atoms with Gasteiger partial charge in [0.1, 0.15) is 6.10 Å². The van der Waals surface area contributed by atoms with Crippen molar-refractivity contribution < 1.29 is 27.4 Å². The Morgan fingerprint density at radius 3 is 2.73 bits per heavy atom. The molecule has 0 radical (unpaired) electrons. The summed E-state index contributed by atoms with van der Waals surface area (Å²) in [7, 11) is 0. The molecule has 0 aromatic heterocycles. The van der Waals surface area contributed by atoms with Gasteiger partial charge in [0.05, 0.1) is 30.9 Å². The first-order valence-corrected chi connectivity index (χ1v) is 11.3. The largest absolute Gasteiger partial charge is 0.416 e. The second-order valence-electron chi connectivity index (χ2n) is 8.39. The van der Waals surface area contributed by atoms with E-state index in [2.05, 4.69) is 5.32 Å². The number of amides is 1. The number of morpholine rings is 1. The Hall–Kier alpha value is -2.13. The molecule has 0 unspecified atom stereocenters. The van der Waals surface area contributed by atoms with E-state index in [-0.39, 0.29) is 17.0 Å². The van der Waals surface area contributed by atoms with Crippen LogP contribution in [0.1, 0.15) is 35.2 Å². The zero-order chi connectivity index (χ0) is 23.6. The van der Waals surface area contributed by atoms with Crippen LogP contribution in [0, 0.1) is 0 Å². The second-order valence-corrected chi connectivity index (χ2v) is 8.80. The van der Waals surface area contributed by atoms with Gasteiger partial charge in [-0.3, -0.25) is 4.79 Å². The molecule has 4 rings (SSSR count). The number of benzene rings is 2. The number of carbonyl (C=O) groups excluding carboxylic acids is 1. The Labute approximate surface area is 195 Å². The second kappa shape index (κ2) is 10.0. The molecule has 0 bridgehead atoms. The van der Waals surface area contributed by atoms with Gasteiger partial charge in [-0.15, -0.1) is 0 Å². The minimum Gasteiger partial charge on any atom is -0.374 e. The molecule has 3 atom stereocenters. The van der Waals surface area contributed by atoms with E-state index in [9.17, 15) is 18.0 Å². The van der Waals surface area contributed by atoms with E-state index < -0.39 is 23.9 Å². The third kappa shape index (κ3) is 5.51. The van der Waals surface area contributed by atoms with Crippen molar-refractivity contribution in [1.82, 2.24) is 10.2 Å². The molecule has 2 aliphatic heterocycles. The highest BCUT2D eigenvalue weighted by Gasteiger charge is 2.38. The monoisotopic (exact) mass is 482 g/mol. The fraction of sp³-hybridized carbons (Fsp3) is 0.458. The van der Waals surface area contributed by atoms with Crippen LogP contribution in [0.15, 0.2) is 42.5 Å². The first-order chi connectivity index (χ1) is 15.7. The molecule has 9 heteroatoms. The van der Waals surface area contributed by atoms with Crippen molar-refractivity contribution in [2.24, 2.45) is 0 Å². The average molecular weight is 483 g/mol. The minimum absolute atomic E-state index is 0.0275. The fourth-order valence-electron chi connectivity index (χ4n) is 4.42. The number of rotatable bonds is 5. The van der Waals surface area contributed by atoms with Crippen LogP contribution in [0.5, 0.6) is 0 Å². The molecule has 1 N–H and O–H groups in total. The van der Waals surface area contributed by atoms with Gasteiger partial charge >= 0.3 is 6.18 Å². The Bertz CT molecular complexity index is 987. The van der Waals surface area contributed by atoms with Gasteiger partial charge in [0.15, 0.2) is 0 Å². The molecule has 0 saturated carbocycles.